The Morgan fingerprint density at radius 2 is 1.74 bits per heavy atom. The maximum absolute atomic E-state index is 13.6. The molecule has 4 rings (SSSR count). The highest BCUT2D eigenvalue weighted by molar-refractivity contribution is 5.95. The molecule has 1 heterocycles. The molecule has 39 heavy (non-hydrogen) atoms. The zero-order chi connectivity index (χ0) is 28.5. The van der Waals surface area contributed by atoms with Crippen LogP contribution in [0.3, 0.4) is 0 Å². The molecule has 1 aromatic heterocycles. The van der Waals surface area contributed by atoms with Gasteiger partial charge in [0.2, 0.25) is 11.8 Å². The Balaban J connectivity index is 1.62. The number of amides is 2. The molecular weight excluding hydrogens is 511 g/mol. The third-order valence-electron chi connectivity index (χ3n) is 7.87. The third kappa shape index (κ3) is 5.51. The predicted molar refractivity (Wildman–Crippen MR) is 140 cm³/mol. The number of aliphatic carboxylic acids is 1. The number of carboxylic acids is 1. The van der Waals surface area contributed by atoms with Gasteiger partial charge in [0.15, 0.2) is 0 Å². The van der Waals surface area contributed by atoms with E-state index in [1.807, 2.05) is 37.3 Å². The zero-order valence-corrected chi connectivity index (χ0v) is 22.0. The molecule has 2 unspecified atom stereocenters. The van der Waals surface area contributed by atoms with E-state index in [9.17, 15) is 32.7 Å². The molecule has 0 saturated heterocycles. The first-order chi connectivity index (χ1) is 18.4. The fourth-order valence-corrected chi connectivity index (χ4v) is 5.24. The molecule has 7 nitrogen and oxygen atoms in total. The van der Waals surface area contributed by atoms with Crippen LogP contribution in [0.15, 0.2) is 48.5 Å². The number of H-pyrrole nitrogens is 1. The molecule has 10 heteroatoms. The summed E-state index contributed by atoms with van der Waals surface area (Å²) in [7, 11) is 0. The second kappa shape index (κ2) is 10.7. The van der Waals surface area contributed by atoms with Crippen molar-refractivity contribution in [2.75, 3.05) is 0 Å². The van der Waals surface area contributed by atoms with Crippen LogP contribution in [0, 0.1) is 5.92 Å². The van der Waals surface area contributed by atoms with E-state index in [1.54, 1.807) is 13.8 Å². The molecular formula is C29H32F3N3O4. The van der Waals surface area contributed by atoms with Gasteiger partial charge in [0.1, 0.15) is 11.6 Å². The van der Waals surface area contributed by atoms with Crippen LogP contribution in [0.25, 0.3) is 10.9 Å². The number of carboxylic acid groups (broad SMARTS) is 1. The van der Waals surface area contributed by atoms with E-state index in [-0.39, 0.29) is 42.0 Å². The molecule has 0 fully saturated rings. The summed E-state index contributed by atoms with van der Waals surface area (Å²) in [5.41, 5.74) is -0.927. The first-order valence-corrected chi connectivity index (χ1v) is 13.0. The number of aromatic nitrogens is 1. The topological polar surface area (TPSA) is 111 Å². The molecule has 0 radical (unpaired) electrons. The number of aromatic amines is 1. The van der Waals surface area contributed by atoms with Gasteiger partial charge in [-0.05, 0) is 42.9 Å². The molecule has 2 aromatic carbocycles. The van der Waals surface area contributed by atoms with Crippen molar-refractivity contribution in [3.8, 4) is 0 Å². The van der Waals surface area contributed by atoms with Gasteiger partial charge in [0.05, 0.1) is 17.0 Å². The van der Waals surface area contributed by atoms with Gasteiger partial charge >= 0.3 is 12.1 Å². The second-order valence-corrected chi connectivity index (χ2v) is 10.4. The lowest BCUT2D eigenvalue weighted by Gasteiger charge is -2.36. The molecule has 4 atom stereocenters. The van der Waals surface area contributed by atoms with Crippen LogP contribution >= 0.6 is 0 Å². The lowest BCUT2D eigenvalue weighted by atomic mass is 9.79. The van der Waals surface area contributed by atoms with Crippen molar-refractivity contribution in [3.63, 3.8) is 0 Å². The molecule has 2 amide bonds. The first-order valence-electron chi connectivity index (χ1n) is 13.0. The zero-order valence-electron chi connectivity index (χ0n) is 22.0. The van der Waals surface area contributed by atoms with Gasteiger partial charge in [-0.3, -0.25) is 9.59 Å². The average molecular weight is 544 g/mol. The molecule has 0 aliphatic heterocycles. The Kier molecular flexibility index (Phi) is 7.77. The molecule has 1 aliphatic rings. The monoisotopic (exact) mass is 543 g/mol. The number of para-hydroxylation sites is 1. The van der Waals surface area contributed by atoms with Crippen LogP contribution < -0.4 is 10.6 Å². The number of rotatable bonds is 8. The molecule has 0 bridgehead atoms. The largest absolute Gasteiger partial charge is 0.479 e. The number of aryl methyl sites for hydroxylation is 1. The third-order valence-corrected chi connectivity index (χ3v) is 7.87. The Bertz CT molecular complexity index is 1390. The summed E-state index contributed by atoms with van der Waals surface area (Å²) in [6.07, 6.45) is -4.10. The quantitative estimate of drug-likeness (QED) is 0.322. The SMILES string of the molecule is CCC(C)C(NC(=O)[C@H](C)c1ccccc1)C(=O)N[C@]1(C(=O)O)CCc2[nH]c3c(C(F)(F)F)cccc3c2C1. The van der Waals surface area contributed by atoms with E-state index in [4.69, 9.17) is 0 Å². The van der Waals surface area contributed by atoms with Crippen molar-refractivity contribution in [1.82, 2.24) is 15.6 Å². The van der Waals surface area contributed by atoms with Crippen molar-refractivity contribution in [1.29, 1.82) is 0 Å². The fraction of sp³-hybridized carbons (Fsp3) is 0.414. The Labute approximate surface area is 224 Å². The van der Waals surface area contributed by atoms with Crippen LogP contribution in [0.1, 0.15) is 61.9 Å². The number of hydrogen-bond acceptors (Lipinski definition) is 3. The van der Waals surface area contributed by atoms with Gasteiger partial charge in [0.25, 0.3) is 0 Å². The molecule has 208 valence electrons. The molecule has 1 aliphatic carbocycles. The van der Waals surface area contributed by atoms with Crippen molar-refractivity contribution < 1.29 is 32.7 Å². The number of hydrogen-bond donors (Lipinski definition) is 4. The number of carbonyl (C=O) groups is 3. The van der Waals surface area contributed by atoms with Crippen LogP contribution in [-0.2, 0) is 33.4 Å². The van der Waals surface area contributed by atoms with E-state index >= 15 is 0 Å². The van der Waals surface area contributed by atoms with Gasteiger partial charge in [-0.2, -0.15) is 13.2 Å². The highest BCUT2D eigenvalue weighted by Crippen LogP contribution is 2.40. The predicted octanol–water partition coefficient (Wildman–Crippen LogP) is 4.95. The summed E-state index contributed by atoms with van der Waals surface area (Å²) < 4.78 is 40.8. The van der Waals surface area contributed by atoms with Crippen molar-refractivity contribution in [3.05, 3.63) is 70.9 Å². The minimum absolute atomic E-state index is 0.0170. The fourth-order valence-electron chi connectivity index (χ4n) is 5.24. The molecule has 3 aromatic rings. The van der Waals surface area contributed by atoms with E-state index in [2.05, 4.69) is 15.6 Å². The minimum Gasteiger partial charge on any atom is -0.479 e. The van der Waals surface area contributed by atoms with Crippen LogP contribution in [0.5, 0.6) is 0 Å². The van der Waals surface area contributed by atoms with E-state index in [1.165, 1.54) is 12.1 Å². The summed E-state index contributed by atoms with van der Waals surface area (Å²) in [6.45, 7) is 5.38. The molecule has 0 saturated carbocycles. The molecule has 0 spiro atoms. The Morgan fingerprint density at radius 1 is 1.05 bits per heavy atom. The lowest BCUT2D eigenvalue weighted by Crippen LogP contribution is -2.62. The van der Waals surface area contributed by atoms with Gasteiger partial charge in [-0.25, -0.2) is 4.79 Å². The normalized spacial score (nSPS) is 19.5. The maximum atomic E-state index is 13.6. The van der Waals surface area contributed by atoms with Gasteiger partial charge in [-0.15, -0.1) is 0 Å². The number of alkyl halides is 3. The number of fused-ring (bicyclic) bond motifs is 3. The van der Waals surface area contributed by atoms with Crippen molar-refractivity contribution >= 4 is 28.7 Å². The number of nitrogens with one attached hydrogen (secondary N) is 3. The van der Waals surface area contributed by atoms with E-state index < -0.39 is 41.1 Å². The second-order valence-electron chi connectivity index (χ2n) is 10.4. The average Bonchev–Trinajstić information content (AvgIpc) is 3.28. The summed E-state index contributed by atoms with van der Waals surface area (Å²) in [6, 6.07) is 11.9. The summed E-state index contributed by atoms with van der Waals surface area (Å²) >= 11 is 0. The number of benzene rings is 2. The Morgan fingerprint density at radius 3 is 2.36 bits per heavy atom. The number of halogens is 3. The highest BCUT2D eigenvalue weighted by Gasteiger charge is 2.46. The van der Waals surface area contributed by atoms with Crippen LogP contribution in [0.4, 0.5) is 13.2 Å². The highest BCUT2D eigenvalue weighted by atomic mass is 19.4. The minimum atomic E-state index is -4.58. The van der Waals surface area contributed by atoms with Gasteiger partial charge < -0.3 is 20.7 Å². The lowest BCUT2D eigenvalue weighted by molar-refractivity contribution is -0.149. The maximum Gasteiger partial charge on any atom is 0.418 e. The van der Waals surface area contributed by atoms with Crippen molar-refractivity contribution in [2.45, 2.75) is 70.1 Å². The summed E-state index contributed by atoms with van der Waals surface area (Å²) in [4.78, 5) is 42.1. The first kappa shape index (κ1) is 28.2. The number of carbonyl (C=O) groups excluding carboxylic acids is 2. The smallest absolute Gasteiger partial charge is 0.418 e. The van der Waals surface area contributed by atoms with Gasteiger partial charge in [0, 0.05) is 17.5 Å². The summed E-state index contributed by atoms with van der Waals surface area (Å²) in [5.74, 6) is -3.13. The standard InChI is InChI=1S/C29H32F3N3O4/c1-4-16(2)23(34-25(36)17(3)18-9-6-5-7-10-18)26(37)35-28(27(38)39)14-13-22-20(15-28)19-11-8-12-21(24(19)33-22)29(30,31)32/h5-12,16-17,23,33H,4,13-15H2,1-3H3,(H,34,36)(H,35,37)(H,38,39)/t16?,17-,23?,28-/m1/s1. The van der Waals surface area contributed by atoms with Crippen LogP contribution in [-0.4, -0.2) is 39.5 Å². The van der Waals surface area contributed by atoms with Crippen molar-refractivity contribution in [2.24, 2.45) is 5.92 Å². The van der Waals surface area contributed by atoms with Crippen LogP contribution in [0.2, 0.25) is 0 Å². The van der Waals surface area contributed by atoms with E-state index in [0.717, 1.165) is 11.6 Å². The summed E-state index contributed by atoms with van der Waals surface area (Å²) in [5, 5.41) is 16.0. The Hall–Kier alpha value is -3.82. The van der Waals surface area contributed by atoms with Gasteiger partial charge in [-0.1, -0.05) is 62.7 Å². The van der Waals surface area contributed by atoms with E-state index in [0.29, 0.717) is 17.7 Å². The molecule has 4 N–H and O–H groups in total.